The normalized spacial score (nSPS) is 13.7. The third-order valence-electron chi connectivity index (χ3n) is 17.2. The van der Waals surface area contributed by atoms with Crippen LogP contribution in [0.5, 0.6) is 0 Å². The van der Waals surface area contributed by atoms with Gasteiger partial charge in [-0.25, -0.2) is 0 Å². The molecule has 0 heterocycles. The van der Waals surface area contributed by atoms with Crippen molar-refractivity contribution in [2.75, 3.05) is 40.9 Å². The molecule has 0 bridgehead atoms. The number of nitrogens with zero attached hydrogens (tertiary/aromatic N) is 1. The minimum atomic E-state index is -4.58. The van der Waals surface area contributed by atoms with Gasteiger partial charge < -0.3 is 28.8 Å². The van der Waals surface area contributed by atoms with E-state index in [1.165, 1.54) is 315 Å². The molecule has 0 saturated carbocycles. The Balaban J connectivity index is 3.95. The van der Waals surface area contributed by atoms with E-state index in [2.05, 4.69) is 43.5 Å². The molecule has 0 aliphatic heterocycles. The number of phosphoric ester groups is 1. The number of amides is 1. The van der Waals surface area contributed by atoms with Gasteiger partial charge >= 0.3 is 0 Å². The fraction of sp³-hybridized carbons (Fsp3) is 0.932. The molecule has 0 radical (unpaired) electrons. The fourth-order valence-electron chi connectivity index (χ4n) is 11.5. The molecule has 488 valence electrons. The molecule has 8 nitrogen and oxygen atoms in total. The van der Waals surface area contributed by atoms with Gasteiger partial charge in [0, 0.05) is 6.42 Å². The number of unbranched alkanes of at least 4 members (excludes halogenated alkanes) is 52. The number of nitrogens with one attached hydrogen (secondary N) is 1. The summed E-state index contributed by atoms with van der Waals surface area (Å²) in [5, 5.41) is 14.1. The van der Waals surface area contributed by atoms with E-state index in [0.29, 0.717) is 23.9 Å². The van der Waals surface area contributed by atoms with E-state index in [4.69, 9.17) is 9.05 Å². The van der Waals surface area contributed by atoms with Crippen molar-refractivity contribution < 1.29 is 32.9 Å². The lowest BCUT2D eigenvalue weighted by Crippen LogP contribution is -2.46. The van der Waals surface area contributed by atoms with Crippen molar-refractivity contribution >= 4 is 13.7 Å². The molecule has 0 spiro atoms. The molecule has 0 aliphatic carbocycles. The summed E-state index contributed by atoms with van der Waals surface area (Å²) in [6.07, 6.45) is 84.1. The Labute approximate surface area is 513 Å². The zero-order valence-corrected chi connectivity index (χ0v) is 56.9. The number of hydrogen-bond acceptors (Lipinski definition) is 6. The fourth-order valence-corrected chi connectivity index (χ4v) is 12.2. The van der Waals surface area contributed by atoms with Gasteiger partial charge in [-0.2, -0.15) is 0 Å². The maximum atomic E-state index is 13.1. The summed E-state index contributed by atoms with van der Waals surface area (Å²) in [6, 6.07) is -0.799. The summed E-state index contributed by atoms with van der Waals surface area (Å²) >= 11 is 0. The molecule has 0 fully saturated rings. The number of aliphatic hydroxyl groups excluding tert-OH is 1. The van der Waals surface area contributed by atoms with Gasteiger partial charge in [-0.15, -0.1) is 0 Å². The molecule has 0 rings (SSSR count). The highest BCUT2D eigenvalue weighted by molar-refractivity contribution is 7.45. The molecule has 0 aromatic carbocycles. The van der Waals surface area contributed by atoms with Crippen molar-refractivity contribution in [1.29, 1.82) is 0 Å². The van der Waals surface area contributed by atoms with E-state index in [1.54, 1.807) is 0 Å². The first kappa shape index (κ1) is 81.0. The molecule has 82 heavy (non-hydrogen) atoms. The van der Waals surface area contributed by atoms with Gasteiger partial charge in [-0.1, -0.05) is 359 Å². The van der Waals surface area contributed by atoms with Crippen LogP contribution >= 0.6 is 7.82 Å². The van der Waals surface area contributed by atoms with Gasteiger partial charge in [0.15, 0.2) is 0 Å². The summed E-state index contributed by atoms with van der Waals surface area (Å²) in [7, 11) is 1.33. The third-order valence-corrected chi connectivity index (χ3v) is 18.2. The Hall–Kier alpha value is -1.02. The van der Waals surface area contributed by atoms with Gasteiger partial charge in [0.25, 0.3) is 7.82 Å². The van der Waals surface area contributed by atoms with E-state index in [-0.39, 0.29) is 19.1 Å². The van der Waals surface area contributed by atoms with Crippen LogP contribution in [0.4, 0.5) is 0 Å². The SMILES string of the molecule is CCCCCCC/C=C\C/C=C\CCCCCCCCCCCCCCCCCCCCCCCCCC(=O)NC(COP(=O)([O-])OCC[N+](C)(C)C)C(O)CCCCCCCCCCCCCCCCCCCCCCCCCCC. The first-order valence-corrected chi connectivity index (χ1v) is 38.1. The minimum Gasteiger partial charge on any atom is -0.756 e. The van der Waals surface area contributed by atoms with Crippen LogP contribution in [-0.4, -0.2) is 68.5 Å². The number of quaternary nitrogens is 1. The van der Waals surface area contributed by atoms with Gasteiger partial charge in [0.1, 0.15) is 13.2 Å². The predicted octanol–water partition coefficient (Wildman–Crippen LogP) is 22.8. The summed E-state index contributed by atoms with van der Waals surface area (Å²) in [5.74, 6) is -0.155. The van der Waals surface area contributed by atoms with Crippen molar-refractivity contribution in [3.8, 4) is 0 Å². The molecule has 3 unspecified atom stereocenters. The van der Waals surface area contributed by atoms with Gasteiger partial charge in [-0.3, -0.25) is 9.36 Å². The topological polar surface area (TPSA) is 108 Å². The number of allylic oxidation sites excluding steroid dienone is 4. The second-order valence-corrected chi connectivity index (χ2v) is 28.1. The van der Waals surface area contributed by atoms with E-state index >= 15 is 0 Å². The Kier molecular flexibility index (Phi) is 63.7. The van der Waals surface area contributed by atoms with Crippen molar-refractivity contribution in [2.24, 2.45) is 0 Å². The number of rotatable bonds is 69. The Bertz CT molecular complexity index is 1390. The Morgan fingerprint density at radius 1 is 0.427 bits per heavy atom. The minimum absolute atomic E-state index is 0.0155. The van der Waals surface area contributed by atoms with Crippen LogP contribution in [0.25, 0.3) is 0 Å². The lowest BCUT2D eigenvalue weighted by molar-refractivity contribution is -0.870. The van der Waals surface area contributed by atoms with Gasteiger partial charge in [0.05, 0.1) is 39.9 Å². The summed E-state index contributed by atoms with van der Waals surface area (Å²) < 4.78 is 23.6. The zero-order chi connectivity index (χ0) is 59.8. The predicted molar refractivity (Wildman–Crippen MR) is 358 cm³/mol. The highest BCUT2D eigenvalue weighted by atomic mass is 31.2. The van der Waals surface area contributed by atoms with Crippen molar-refractivity contribution in [2.45, 2.75) is 398 Å². The smallest absolute Gasteiger partial charge is 0.268 e. The van der Waals surface area contributed by atoms with Crippen LogP contribution in [0.2, 0.25) is 0 Å². The lowest BCUT2D eigenvalue weighted by Gasteiger charge is -2.30. The number of carbonyl (C=O) groups is 1. The average Bonchev–Trinajstić information content (AvgIpc) is 3.45. The molecular formula is C73H145N2O6P. The second-order valence-electron chi connectivity index (χ2n) is 26.7. The molecule has 0 aromatic rings. The molecule has 0 aromatic heterocycles. The van der Waals surface area contributed by atoms with E-state index in [0.717, 1.165) is 44.9 Å². The van der Waals surface area contributed by atoms with E-state index in [9.17, 15) is 19.4 Å². The number of phosphoric acid groups is 1. The Morgan fingerprint density at radius 2 is 0.707 bits per heavy atom. The maximum Gasteiger partial charge on any atom is 0.268 e. The monoisotopic (exact) mass is 1180 g/mol. The lowest BCUT2D eigenvalue weighted by atomic mass is 10.0. The van der Waals surface area contributed by atoms with Crippen LogP contribution in [0.15, 0.2) is 24.3 Å². The first-order chi connectivity index (χ1) is 40.0. The standard InChI is InChI=1S/C73H145N2O6P/c1-6-8-10-12-14-16-18-20-22-24-26-28-30-32-33-34-35-36-37-38-39-40-41-43-45-47-49-51-53-55-57-59-61-63-65-67-73(77)74-71(70-81-82(78,79)80-69-68-75(3,4)5)72(76)66-64-62-60-58-56-54-52-50-48-46-44-42-31-29-27-25-23-21-19-17-15-13-11-9-7-2/h18,20,24,26,71-72,76H,6-17,19,21-23,25,27-70H2,1-5H3,(H-,74,77,78,79)/b20-18-,26-24-. The quantitative estimate of drug-likeness (QED) is 0.0272. The van der Waals surface area contributed by atoms with Crippen molar-refractivity contribution in [1.82, 2.24) is 5.32 Å². The van der Waals surface area contributed by atoms with Crippen molar-refractivity contribution in [3.05, 3.63) is 24.3 Å². The highest BCUT2D eigenvalue weighted by Crippen LogP contribution is 2.38. The number of likely N-dealkylation sites (N-methyl/N-ethyl adjacent to an activating group) is 1. The van der Waals surface area contributed by atoms with Crippen LogP contribution in [0, 0.1) is 0 Å². The van der Waals surface area contributed by atoms with Crippen LogP contribution < -0.4 is 10.2 Å². The molecule has 0 saturated heterocycles. The molecule has 3 atom stereocenters. The number of aliphatic hydroxyl groups is 1. The molecular weight excluding hydrogens is 1030 g/mol. The number of carbonyl (C=O) groups excluding carboxylic acids is 1. The molecule has 1 amide bonds. The van der Waals surface area contributed by atoms with Crippen LogP contribution in [0.1, 0.15) is 386 Å². The molecule has 9 heteroatoms. The Morgan fingerprint density at radius 3 is 1.01 bits per heavy atom. The van der Waals surface area contributed by atoms with Crippen LogP contribution in [-0.2, 0) is 18.4 Å². The van der Waals surface area contributed by atoms with Gasteiger partial charge in [0.2, 0.25) is 5.91 Å². The van der Waals surface area contributed by atoms with Crippen LogP contribution in [0.3, 0.4) is 0 Å². The summed E-state index contributed by atoms with van der Waals surface area (Å²) in [5.41, 5.74) is 0. The average molecular weight is 1180 g/mol. The second kappa shape index (κ2) is 64.5. The van der Waals surface area contributed by atoms with Gasteiger partial charge in [-0.05, 0) is 44.9 Å². The maximum absolute atomic E-state index is 13.1. The highest BCUT2D eigenvalue weighted by Gasteiger charge is 2.24. The third kappa shape index (κ3) is 66.5. The van der Waals surface area contributed by atoms with E-state index < -0.39 is 20.0 Å². The zero-order valence-electron chi connectivity index (χ0n) is 56.0. The molecule has 0 aliphatic rings. The summed E-state index contributed by atoms with van der Waals surface area (Å²) in [6.45, 7) is 4.78. The first-order valence-electron chi connectivity index (χ1n) is 36.7. The van der Waals surface area contributed by atoms with E-state index in [1.807, 2.05) is 21.1 Å². The summed E-state index contributed by atoms with van der Waals surface area (Å²) in [4.78, 5) is 25.7. The van der Waals surface area contributed by atoms with Crippen molar-refractivity contribution in [3.63, 3.8) is 0 Å². The largest absolute Gasteiger partial charge is 0.756 e. The number of hydrogen-bond donors (Lipinski definition) is 2. The molecule has 2 N–H and O–H groups in total.